The first-order chi connectivity index (χ1) is 8.35. The van der Waals surface area contributed by atoms with Gasteiger partial charge in [0.25, 0.3) is 0 Å². The van der Waals surface area contributed by atoms with Crippen LogP contribution in [0, 0.1) is 5.92 Å². The normalized spacial score (nSPS) is 28.9. The minimum absolute atomic E-state index is 0.710. The summed E-state index contributed by atoms with van der Waals surface area (Å²) in [7, 11) is 2.13. The van der Waals surface area contributed by atoms with Gasteiger partial charge in [0.15, 0.2) is 0 Å². The predicted octanol–water partition coefficient (Wildman–Crippen LogP) is 3.03. The molecule has 1 heterocycles. The molecule has 0 aromatic rings. The Kier molecular flexibility index (Phi) is 5.30. The van der Waals surface area contributed by atoms with Crippen molar-refractivity contribution in [3.05, 3.63) is 0 Å². The molecule has 17 heavy (non-hydrogen) atoms. The van der Waals surface area contributed by atoms with Crippen LogP contribution in [0.15, 0.2) is 0 Å². The molecule has 2 unspecified atom stereocenters. The number of hydrogen-bond acceptors (Lipinski definition) is 2. The Morgan fingerprint density at radius 3 is 2.59 bits per heavy atom. The second-order valence-corrected chi connectivity index (χ2v) is 6.02. The average molecular weight is 238 g/mol. The summed E-state index contributed by atoms with van der Waals surface area (Å²) < 4.78 is 0. The molecule has 1 N–H and O–H groups in total. The van der Waals surface area contributed by atoms with Gasteiger partial charge in [-0.1, -0.05) is 26.2 Å². The molecule has 0 amide bonds. The Balaban J connectivity index is 1.85. The van der Waals surface area contributed by atoms with Crippen LogP contribution in [-0.4, -0.2) is 37.1 Å². The van der Waals surface area contributed by atoms with E-state index in [1.807, 2.05) is 0 Å². The van der Waals surface area contributed by atoms with Crippen LogP contribution in [0.2, 0.25) is 0 Å². The Labute approximate surface area is 107 Å². The summed E-state index contributed by atoms with van der Waals surface area (Å²) in [5, 5.41) is 3.50. The van der Waals surface area contributed by atoms with E-state index in [1.165, 1.54) is 64.5 Å². The number of rotatable bonds is 6. The Morgan fingerprint density at radius 1 is 1.18 bits per heavy atom. The van der Waals surface area contributed by atoms with Crippen molar-refractivity contribution in [3.63, 3.8) is 0 Å². The highest BCUT2D eigenvalue weighted by Crippen LogP contribution is 2.35. The lowest BCUT2D eigenvalue weighted by Gasteiger charge is -2.32. The van der Waals surface area contributed by atoms with Gasteiger partial charge in [0, 0.05) is 18.6 Å². The molecule has 2 fully saturated rings. The van der Waals surface area contributed by atoms with Crippen molar-refractivity contribution < 1.29 is 0 Å². The molecule has 2 heteroatoms. The van der Waals surface area contributed by atoms with Crippen LogP contribution in [0.25, 0.3) is 0 Å². The third-order valence-corrected chi connectivity index (χ3v) is 4.86. The Bertz CT molecular complexity index is 211. The lowest BCUT2D eigenvalue weighted by molar-refractivity contribution is 0.172. The van der Waals surface area contributed by atoms with Gasteiger partial charge in [-0.25, -0.2) is 0 Å². The monoisotopic (exact) mass is 238 g/mol. The van der Waals surface area contributed by atoms with Crippen LogP contribution in [0.3, 0.4) is 0 Å². The van der Waals surface area contributed by atoms with E-state index in [-0.39, 0.29) is 0 Å². The lowest BCUT2D eigenvalue weighted by atomic mass is 9.95. The summed E-state index contributed by atoms with van der Waals surface area (Å²) >= 11 is 0. The zero-order valence-corrected chi connectivity index (χ0v) is 11.8. The molecule has 0 aromatic heterocycles. The first-order valence-electron chi connectivity index (χ1n) is 7.76. The molecule has 0 aromatic carbocycles. The number of nitrogens with one attached hydrogen (secondary N) is 1. The van der Waals surface area contributed by atoms with E-state index in [0.717, 1.165) is 12.0 Å². The average Bonchev–Trinajstić information content (AvgIpc) is 2.98. The van der Waals surface area contributed by atoms with Crippen molar-refractivity contribution in [1.82, 2.24) is 10.2 Å². The Hall–Kier alpha value is -0.0800. The second-order valence-electron chi connectivity index (χ2n) is 6.02. The largest absolute Gasteiger partial charge is 0.316 e. The molecule has 0 radical (unpaired) electrons. The summed E-state index contributed by atoms with van der Waals surface area (Å²) in [5.74, 6) is 1.02. The van der Waals surface area contributed by atoms with Gasteiger partial charge in [-0.05, 0) is 51.6 Å². The smallest absolute Gasteiger partial charge is 0.0192 e. The van der Waals surface area contributed by atoms with Crippen molar-refractivity contribution in [2.75, 3.05) is 20.1 Å². The van der Waals surface area contributed by atoms with Crippen LogP contribution < -0.4 is 5.32 Å². The molecule has 2 aliphatic rings. The Morgan fingerprint density at radius 2 is 1.94 bits per heavy atom. The van der Waals surface area contributed by atoms with Crippen molar-refractivity contribution in [2.45, 2.75) is 70.4 Å². The number of hydrogen-bond donors (Lipinski definition) is 1. The van der Waals surface area contributed by atoms with Gasteiger partial charge in [0.2, 0.25) is 0 Å². The third-order valence-electron chi connectivity index (χ3n) is 4.86. The van der Waals surface area contributed by atoms with Gasteiger partial charge in [-0.15, -0.1) is 0 Å². The molecule has 2 atom stereocenters. The minimum atomic E-state index is 0.710. The fraction of sp³-hybridized carbons (Fsp3) is 1.00. The van der Waals surface area contributed by atoms with Gasteiger partial charge in [-0.2, -0.15) is 0 Å². The van der Waals surface area contributed by atoms with Crippen LogP contribution in [0.1, 0.15) is 58.3 Å². The van der Waals surface area contributed by atoms with E-state index in [4.69, 9.17) is 0 Å². The molecule has 0 bridgehead atoms. The van der Waals surface area contributed by atoms with Gasteiger partial charge in [0.05, 0.1) is 0 Å². The zero-order chi connectivity index (χ0) is 12.1. The molecule has 2 rings (SSSR count). The van der Waals surface area contributed by atoms with E-state index in [2.05, 4.69) is 24.2 Å². The van der Waals surface area contributed by atoms with Crippen molar-refractivity contribution in [3.8, 4) is 0 Å². The fourth-order valence-corrected chi connectivity index (χ4v) is 3.91. The number of likely N-dealkylation sites (N-methyl/N-ethyl adjacent to an activating group) is 1. The van der Waals surface area contributed by atoms with Gasteiger partial charge in [0.1, 0.15) is 0 Å². The van der Waals surface area contributed by atoms with Crippen LogP contribution in [0.5, 0.6) is 0 Å². The highest BCUT2D eigenvalue weighted by molar-refractivity contribution is 4.89. The fourth-order valence-electron chi connectivity index (χ4n) is 3.91. The first kappa shape index (κ1) is 13.4. The zero-order valence-electron chi connectivity index (χ0n) is 11.8. The van der Waals surface area contributed by atoms with Crippen LogP contribution in [0.4, 0.5) is 0 Å². The van der Waals surface area contributed by atoms with Crippen LogP contribution >= 0.6 is 0 Å². The van der Waals surface area contributed by atoms with Crippen molar-refractivity contribution in [2.24, 2.45) is 5.92 Å². The molecular formula is C15H30N2. The predicted molar refractivity (Wildman–Crippen MR) is 74.3 cm³/mol. The van der Waals surface area contributed by atoms with Crippen LogP contribution in [-0.2, 0) is 0 Å². The molecule has 1 aliphatic heterocycles. The minimum Gasteiger partial charge on any atom is -0.316 e. The highest BCUT2D eigenvalue weighted by Gasteiger charge is 2.33. The summed E-state index contributed by atoms with van der Waals surface area (Å²) in [6.45, 7) is 4.93. The summed E-state index contributed by atoms with van der Waals surface area (Å²) in [5.41, 5.74) is 0. The maximum atomic E-state index is 3.50. The van der Waals surface area contributed by atoms with E-state index in [0.29, 0.717) is 6.04 Å². The molecule has 2 nitrogen and oxygen atoms in total. The summed E-state index contributed by atoms with van der Waals surface area (Å²) in [6, 6.07) is 1.63. The maximum Gasteiger partial charge on any atom is 0.0192 e. The van der Waals surface area contributed by atoms with Crippen molar-refractivity contribution in [1.29, 1.82) is 0 Å². The van der Waals surface area contributed by atoms with Gasteiger partial charge in [-0.3, -0.25) is 4.90 Å². The van der Waals surface area contributed by atoms with Gasteiger partial charge < -0.3 is 5.32 Å². The van der Waals surface area contributed by atoms with Crippen molar-refractivity contribution >= 4 is 0 Å². The standard InChI is InChI=1S/C15H30N2/c1-3-7-14(16-2)12-17-11-6-10-15(17)13-8-4-5-9-13/h13-16H,3-12H2,1-2H3. The number of likely N-dealkylation sites (tertiary alicyclic amines) is 1. The molecule has 1 saturated carbocycles. The topological polar surface area (TPSA) is 15.3 Å². The van der Waals surface area contributed by atoms with E-state index in [9.17, 15) is 0 Å². The highest BCUT2D eigenvalue weighted by atomic mass is 15.2. The lowest BCUT2D eigenvalue weighted by Crippen LogP contribution is -2.43. The van der Waals surface area contributed by atoms with E-state index >= 15 is 0 Å². The SMILES string of the molecule is CCCC(CN1CCCC1C1CCCC1)NC. The van der Waals surface area contributed by atoms with E-state index < -0.39 is 0 Å². The van der Waals surface area contributed by atoms with E-state index in [1.54, 1.807) is 0 Å². The molecule has 1 aliphatic carbocycles. The summed E-state index contributed by atoms with van der Waals surface area (Å²) in [4.78, 5) is 2.80. The third kappa shape index (κ3) is 3.45. The molecule has 0 spiro atoms. The second kappa shape index (κ2) is 6.75. The van der Waals surface area contributed by atoms with Gasteiger partial charge >= 0.3 is 0 Å². The molecule has 100 valence electrons. The number of nitrogens with zero attached hydrogens (tertiary/aromatic N) is 1. The quantitative estimate of drug-likeness (QED) is 0.765. The first-order valence-corrected chi connectivity index (χ1v) is 7.76. The molecule has 1 saturated heterocycles. The molecular weight excluding hydrogens is 208 g/mol. The summed E-state index contributed by atoms with van der Waals surface area (Å²) in [6.07, 6.45) is 11.5. The maximum absolute atomic E-state index is 3.50.